The van der Waals surface area contributed by atoms with Gasteiger partial charge in [-0.15, -0.1) is 0 Å². The third-order valence-electron chi connectivity index (χ3n) is 4.82. The van der Waals surface area contributed by atoms with Crippen LogP contribution >= 0.6 is 0 Å². The van der Waals surface area contributed by atoms with Crippen molar-refractivity contribution in [3.8, 4) is 0 Å². The van der Waals surface area contributed by atoms with Crippen LogP contribution in [0.5, 0.6) is 0 Å². The Balaban J connectivity index is 0. The fourth-order valence-electron chi connectivity index (χ4n) is 3.20. The van der Waals surface area contributed by atoms with Crippen LogP contribution in [-0.2, 0) is 10.1 Å². The maximum atomic E-state index is 10.5. The summed E-state index contributed by atoms with van der Waals surface area (Å²) in [5.74, 6) is -0.208. The van der Waals surface area contributed by atoms with E-state index in [0.29, 0.717) is 6.42 Å². The predicted octanol–water partition coefficient (Wildman–Crippen LogP) is 2.55. The van der Waals surface area contributed by atoms with Gasteiger partial charge in [-0.05, 0) is 19.3 Å². The number of unbranched alkanes of at least 4 members (excludes halogenated alkanes) is 13. The van der Waals surface area contributed by atoms with Crippen molar-refractivity contribution in [2.75, 3.05) is 5.75 Å². The zero-order chi connectivity index (χ0) is 18.8. The van der Waals surface area contributed by atoms with E-state index in [4.69, 9.17) is 0 Å². The van der Waals surface area contributed by atoms with E-state index >= 15 is 0 Å². The van der Waals surface area contributed by atoms with Crippen LogP contribution in [0.4, 0.5) is 0 Å². The van der Waals surface area contributed by atoms with Crippen LogP contribution in [0.25, 0.3) is 0 Å². The molecule has 0 saturated heterocycles. The van der Waals surface area contributed by atoms with Crippen molar-refractivity contribution < 1.29 is 69.5 Å². The fraction of sp³-hybridized carbons (Fsp3) is 1.00. The number of aliphatic hydroxyl groups excluding tert-OH is 1. The molecule has 1 unspecified atom stereocenters. The summed E-state index contributed by atoms with van der Waals surface area (Å²) in [6.07, 6.45) is 19.0. The van der Waals surface area contributed by atoms with Crippen molar-refractivity contribution in [2.45, 2.75) is 122 Å². The van der Waals surface area contributed by atoms with Gasteiger partial charge in [0.2, 0.25) is 0 Å². The molecule has 0 saturated carbocycles. The molecule has 26 heavy (non-hydrogen) atoms. The number of aliphatic hydroxyl groups is 1. The number of hydrogen-bond acceptors (Lipinski definition) is 4. The van der Waals surface area contributed by atoms with Gasteiger partial charge in [0.1, 0.15) is 0 Å². The summed E-state index contributed by atoms with van der Waals surface area (Å²) in [7, 11) is -4.02. The molecule has 0 amide bonds. The Morgan fingerprint density at radius 3 is 1.42 bits per heavy atom. The maximum absolute atomic E-state index is 10.5. The van der Waals surface area contributed by atoms with Gasteiger partial charge in [0.25, 0.3) is 0 Å². The van der Waals surface area contributed by atoms with Crippen LogP contribution in [0, 0.1) is 0 Å². The second kappa shape index (κ2) is 21.2. The van der Waals surface area contributed by atoms with Gasteiger partial charge in [0.05, 0.1) is 16.2 Å². The van der Waals surface area contributed by atoms with E-state index in [1.54, 1.807) is 0 Å². The maximum Gasteiger partial charge on any atom is 1.00 e. The summed E-state index contributed by atoms with van der Waals surface area (Å²) in [4.78, 5) is 0. The van der Waals surface area contributed by atoms with E-state index in [-0.39, 0.29) is 63.2 Å². The van der Waals surface area contributed by atoms with Gasteiger partial charge in [0.15, 0.2) is 0 Å². The average molecular weight is 417 g/mol. The molecule has 0 aliphatic rings. The molecule has 0 aliphatic carbocycles. The van der Waals surface area contributed by atoms with Gasteiger partial charge < -0.3 is 9.66 Å². The summed E-state index contributed by atoms with van der Waals surface area (Å²) in [6.45, 7) is 2.21. The SMILES string of the molecule is CCCCCCC(O)CCCCCCCCCCCCCS(=O)(=O)[O-].[K+]. The van der Waals surface area contributed by atoms with Crippen molar-refractivity contribution in [3.63, 3.8) is 0 Å². The first-order valence-corrected chi connectivity index (χ1v) is 12.1. The van der Waals surface area contributed by atoms with E-state index in [1.165, 1.54) is 64.2 Å². The van der Waals surface area contributed by atoms with Crippen LogP contribution in [0.15, 0.2) is 0 Å². The Morgan fingerprint density at radius 1 is 0.692 bits per heavy atom. The van der Waals surface area contributed by atoms with Gasteiger partial charge in [0, 0.05) is 5.75 Å². The van der Waals surface area contributed by atoms with Crippen molar-refractivity contribution in [1.82, 2.24) is 0 Å². The van der Waals surface area contributed by atoms with Crippen LogP contribution in [0.3, 0.4) is 0 Å². The Hall–Kier alpha value is 1.51. The molecule has 0 rings (SSSR count). The Labute approximate surface area is 205 Å². The smallest absolute Gasteiger partial charge is 0.748 e. The molecule has 1 atom stereocenters. The first kappa shape index (κ1) is 29.7. The van der Waals surface area contributed by atoms with Gasteiger partial charge in [-0.25, -0.2) is 8.42 Å². The first-order chi connectivity index (χ1) is 12.0. The summed E-state index contributed by atoms with van der Waals surface area (Å²) < 4.78 is 31.4. The second-order valence-corrected chi connectivity index (χ2v) is 8.97. The molecular formula is C20H41KO4S. The molecule has 6 heteroatoms. The largest absolute Gasteiger partial charge is 1.00 e. The van der Waals surface area contributed by atoms with Crippen LogP contribution in [0.2, 0.25) is 0 Å². The average Bonchev–Trinajstić information content (AvgIpc) is 2.55. The van der Waals surface area contributed by atoms with Gasteiger partial charge in [-0.1, -0.05) is 96.8 Å². The summed E-state index contributed by atoms with van der Waals surface area (Å²) in [6, 6.07) is 0. The zero-order valence-corrected chi connectivity index (χ0v) is 21.3. The molecule has 0 aliphatic heterocycles. The van der Waals surface area contributed by atoms with Gasteiger partial charge in [-0.3, -0.25) is 0 Å². The normalized spacial score (nSPS) is 12.7. The first-order valence-electron chi connectivity index (χ1n) is 10.6. The topological polar surface area (TPSA) is 77.4 Å². The molecular weight excluding hydrogens is 375 g/mol. The van der Waals surface area contributed by atoms with E-state index in [0.717, 1.165) is 38.5 Å². The number of rotatable bonds is 19. The van der Waals surface area contributed by atoms with Gasteiger partial charge in [-0.2, -0.15) is 0 Å². The molecule has 0 bridgehead atoms. The minimum Gasteiger partial charge on any atom is -0.748 e. The van der Waals surface area contributed by atoms with E-state index < -0.39 is 10.1 Å². The quantitative estimate of drug-likeness (QED) is 0.199. The Morgan fingerprint density at radius 2 is 1.04 bits per heavy atom. The second-order valence-electron chi connectivity index (χ2n) is 7.44. The summed E-state index contributed by atoms with van der Waals surface area (Å²) in [5.41, 5.74) is 0. The molecule has 1 N–H and O–H groups in total. The molecule has 0 aromatic rings. The van der Waals surface area contributed by atoms with Crippen LogP contribution < -0.4 is 51.4 Å². The zero-order valence-electron chi connectivity index (χ0n) is 17.4. The van der Waals surface area contributed by atoms with Crippen molar-refractivity contribution >= 4 is 10.1 Å². The molecule has 4 nitrogen and oxygen atoms in total. The molecule has 0 aromatic heterocycles. The molecule has 0 spiro atoms. The third kappa shape index (κ3) is 25.5. The minimum absolute atomic E-state index is 0. The minimum atomic E-state index is -4.02. The summed E-state index contributed by atoms with van der Waals surface area (Å²) in [5, 5.41) is 9.90. The molecule has 0 heterocycles. The Bertz CT molecular complexity index is 374. The van der Waals surface area contributed by atoms with E-state index in [1.807, 2.05) is 0 Å². The van der Waals surface area contributed by atoms with E-state index in [9.17, 15) is 18.1 Å². The van der Waals surface area contributed by atoms with E-state index in [2.05, 4.69) is 6.92 Å². The molecule has 0 fully saturated rings. The molecule has 152 valence electrons. The van der Waals surface area contributed by atoms with Crippen molar-refractivity contribution in [2.24, 2.45) is 0 Å². The van der Waals surface area contributed by atoms with Crippen molar-refractivity contribution in [3.05, 3.63) is 0 Å². The molecule has 0 aromatic carbocycles. The number of hydrogen-bond donors (Lipinski definition) is 1. The van der Waals surface area contributed by atoms with Crippen molar-refractivity contribution in [1.29, 1.82) is 0 Å². The standard InChI is InChI=1S/C20H42O4S.K/c1-2-3-4-14-17-20(21)18-15-12-10-8-6-5-7-9-11-13-16-19-25(22,23)24;/h20-21H,2-19H2,1H3,(H,22,23,24);/q;+1/p-1. The molecule has 0 radical (unpaired) electrons. The predicted molar refractivity (Wildman–Crippen MR) is 105 cm³/mol. The monoisotopic (exact) mass is 416 g/mol. The van der Waals surface area contributed by atoms with Crippen LogP contribution in [0.1, 0.15) is 116 Å². The fourth-order valence-corrected chi connectivity index (χ4v) is 3.76. The Kier molecular flexibility index (Phi) is 24.2. The third-order valence-corrected chi connectivity index (χ3v) is 5.61. The van der Waals surface area contributed by atoms with Crippen LogP contribution in [-0.4, -0.2) is 29.9 Å². The summed E-state index contributed by atoms with van der Waals surface area (Å²) >= 11 is 0. The van der Waals surface area contributed by atoms with Gasteiger partial charge >= 0.3 is 51.4 Å².